The molecule has 1 aliphatic rings. The van der Waals surface area contributed by atoms with Crippen molar-refractivity contribution < 1.29 is 22.4 Å². The summed E-state index contributed by atoms with van der Waals surface area (Å²) >= 11 is 5.76. The van der Waals surface area contributed by atoms with E-state index in [1.807, 2.05) is 0 Å². The Morgan fingerprint density at radius 1 is 1.15 bits per heavy atom. The van der Waals surface area contributed by atoms with Crippen molar-refractivity contribution in [2.75, 3.05) is 0 Å². The molecule has 3 rings (SSSR count). The Labute approximate surface area is 161 Å². The highest BCUT2D eigenvalue weighted by molar-refractivity contribution is 7.89. The van der Waals surface area contributed by atoms with Crippen LogP contribution in [0.2, 0.25) is 5.02 Å². The second-order valence-corrected chi connectivity index (χ2v) is 8.58. The molecule has 0 aliphatic heterocycles. The monoisotopic (exact) mass is 409 g/mol. The maximum atomic E-state index is 13.4. The maximum Gasteiger partial charge on any atom is 0.238 e. The number of Topliss-reactive ketones (excluding diaryl/α,β-unsaturated/α-hetero) is 2. The van der Waals surface area contributed by atoms with Gasteiger partial charge in [0.15, 0.2) is 5.78 Å². The van der Waals surface area contributed by atoms with E-state index in [1.54, 1.807) is 0 Å². The lowest BCUT2D eigenvalue weighted by Crippen LogP contribution is -2.28. The molecule has 0 saturated heterocycles. The van der Waals surface area contributed by atoms with Crippen molar-refractivity contribution in [3.05, 3.63) is 64.4 Å². The minimum Gasteiger partial charge on any atom is -0.299 e. The van der Waals surface area contributed by atoms with Gasteiger partial charge in [0.25, 0.3) is 0 Å². The Bertz CT molecular complexity index is 1000. The lowest BCUT2D eigenvalue weighted by Gasteiger charge is -2.15. The fraction of sp³-hybridized carbons (Fsp3) is 0.263. The van der Waals surface area contributed by atoms with Crippen LogP contribution in [-0.4, -0.2) is 20.0 Å². The molecule has 1 atom stereocenters. The SMILES string of the molecule is NS(=O)(=O)c1ccc(CC(C(=O)c2ccc(F)c(Cl)c2)C(=O)C2CC2)cc1. The third kappa shape index (κ3) is 4.61. The van der Waals surface area contributed by atoms with Gasteiger partial charge in [-0.15, -0.1) is 0 Å². The lowest BCUT2D eigenvalue weighted by atomic mass is 9.86. The van der Waals surface area contributed by atoms with Crippen LogP contribution in [0.4, 0.5) is 4.39 Å². The quantitative estimate of drug-likeness (QED) is 0.561. The van der Waals surface area contributed by atoms with Crippen molar-refractivity contribution in [3.8, 4) is 0 Å². The summed E-state index contributed by atoms with van der Waals surface area (Å²) in [5.74, 6) is -2.30. The second kappa shape index (κ2) is 7.50. The van der Waals surface area contributed by atoms with Gasteiger partial charge in [0, 0.05) is 11.5 Å². The average molecular weight is 410 g/mol. The topological polar surface area (TPSA) is 94.3 Å². The Balaban J connectivity index is 1.88. The van der Waals surface area contributed by atoms with E-state index < -0.39 is 27.5 Å². The average Bonchev–Trinajstić information content (AvgIpc) is 3.45. The van der Waals surface area contributed by atoms with Crippen LogP contribution in [-0.2, 0) is 21.2 Å². The second-order valence-electron chi connectivity index (χ2n) is 6.62. The number of carbonyl (C=O) groups excluding carboxylic acids is 2. The van der Waals surface area contributed by atoms with Crippen LogP contribution in [0.5, 0.6) is 0 Å². The molecular formula is C19H17ClFNO4S. The zero-order chi connectivity index (χ0) is 19.8. The number of primary sulfonamides is 1. The fourth-order valence-corrected chi connectivity index (χ4v) is 3.57. The molecule has 0 radical (unpaired) electrons. The summed E-state index contributed by atoms with van der Waals surface area (Å²) in [4.78, 5) is 25.5. The first-order valence-corrected chi connectivity index (χ1v) is 10.2. The molecule has 0 amide bonds. The van der Waals surface area contributed by atoms with E-state index in [1.165, 1.54) is 36.4 Å². The van der Waals surface area contributed by atoms with E-state index in [4.69, 9.17) is 16.7 Å². The summed E-state index contributed by atoms with van der Waals surface area (Å²) in [7, 11) is -3.82. The smallest absolute Gasteiger partial charge is 0.238 e. The molecule has 1 fully saturated rings. The van der Waals surface area contributed by atoms with Crippen LogP contribution in [0.25, 0.3) is 0 Å². The highest BCUT2D eigenvalue weighted by Gasteiger charge is 2.38. The third-order valence-electron chi connectivity index (χ3n) is 4.54. The zero-order valence-corrected chi connectivity index (χ0v) is 15.8. The summed E-state index contributed by atoms with van der Waals surface area (Å²) in [6.07, 6.45) is 1.61. The van der Waals surface area contributed by atoms with Crippen molar-refractivity contribution in [2.24, 2.45) is 17.0 Å². The number of halogens is 2. The fourth-order valence-electron chi connectivity index (χ4n) is 2.88. The van der Waals surface area contributed by atoms with Gasteiger partial charge in [-0.05, 0) is 55.2 Å². The van der Waals surface area contributed by atoms with Crippen LogP contribution in [0.1, 0.15) is 28.8 Å². The first-order chi connectivity index (χ1) is 12.7. The standard InChI is InChI=1S/C19H17ClFNO4S/c20-16-10-13(5-8-17(16)21)19(24)15(18(23)12-3-4-12)9-11-1-6-14(7-2-11)27(22,25)26/h1-2,5-8,10,12,15H,3-4,9H2,(H2,22,25,26). The number of carbonyl (C=O) groups is 2. The molecule has 1 saturated carbocycles. The van der Waals surface area contributed by atoms with Crippen LogP contribution in [0, 0.1) is 17.7 Å². The van der Waals surface area contributed by atoms with E-state index in [9.17, 15) is 22.4 Å². The molecule has 1 unspecified atom stereocenters. The zero-order valence-electron chi connectivity index (χ0n) is 14.2. The van der Waals surface area contributed by atoms with Gasteiger partial charge in [-0.2, -0.15) is 0 Å². The molecule has 2 N–H and O–H groups in total. The summed E-state index contributed by atoms with van der Waals surface area (Å²) in [6, 6.07) is 9.34. The van der Waals surface area contributed by atoms with Gasteiger partial charge in [0.2, 0.25) is 10.0 Å². The van der Waals surface area contributed by atoms with Crippen LogP contribution < -0.4 is 5.14 Å². The van der Waals surface area contributed by atoms with Crippen LogP contribution >= 0.6 is 11.6 Å². The number of hydrogen-bond acceptors (Lipinski definition) is 4. The Morgan fingerprint density at radius 2 is 1.78 bits per heavy atom. The highest BCUT2D eigenvalue weighted by Crippen LogP contribution is 2.34. The Kier molecular flexibility index (Phi) is 5.46. The first kappa shape index (κ1) is 19.7. The number of rotatable bonds is 7. The summed E-state index contributed by atoms with van der Waals surface area (Å²) in [5, 5.41) is 4.89. The van der Waals surface area contributed by atoms with Crippen molar-refractivity contribution in [3.63, 3.8) is 0 Å². The van der Waals surface area contributed by atoms with Gasteiger partial charge >= 0.3 is 0 Å². The number of ketones is 2. The van der Waals surface area contributed by atoms with E-state index >= 15 is 0 Å². The van der Waals surface area contributed by atoms with Gasteiger partial charge in [-0.25, -0.2) is 17.9 Å². The largest absolute Gasteiger partial charge is 0.299 e. The molecule has 1 aliphatic carbocycles. The van der Waals surface area contributed by atoms with Gasteiger partial charge in [0.1, 0.15) is 11.6 Å². The van der Waals surface area contributed by atoms with Crippen LogP contribution in [0.3, 0.4) is 0 Å². The Hall–Kier alpha value is -2.09. The molecule has 0 bridgehead atoms. The van der Waals surface area contributed by atoms with E-state index in [-0.39, 0.29) is 33.6 Å². The van der Waals surface area contributed by atoms with Gasteiger partial charge in [-0.3, -0.25) is 9.59 Å². The van der Waals surface area contributed by atoms with Crippen molar-refractivity contribution in [1.82, 2.24) is 0 Å². The summed E-state index contributed by atoms with van der Waals surface area (Å²) in [6.45, 7) is 0. The summed E-state index contributed by atoms with van der Waals surface area (Å²) in [5.41, 5.74) is 0.796. The van der Waals surface area contributed by atoms with Gasteiger partial charge in [0.05, 0.1) is 15.8 Å². The van der Waals surface area contributed by atoms with E-state index in [0.717, 1.165) is 18.9 Å². The molecule has 27 heavy (non-hydrogen) atoms. The highest BCUT2D eigenvalue weighted by atomic mass is 35.5. The lowest BCUT2D eigenvalue weighted by molar-refractivity contribution is -0.122. The number of sulfonamides is 1. The van der Waals surface area contributed by atoms with Crippen molar-refractivity contribution in [1.29, 1.82) is 0 Å². The number of nitrogens with two attached hydrogens (primary N) is 1. The molecule has 2 aromatic rings. The molecule has 0 aromatic heterocycles. The van der Waals surface area contributed by atoms with E-state index in [0.29, 0.717) is 5.56 Å². The minimum atomic E-state index is -3.82. The summed E-state index contributed by atoms with van der Waals surface area (Å²) < 4.78 is 36.1. The van der Waals surface area contributed by atoms with Gasteiger partial charge in [-0.1, -0.05) is 23.7 Å². The molecule has 8 heteroatoms. The molecule has 5 nitrogen and oxygen atoms in total. The molecule has 0 heterocycles. The van der Waals surface area contributed by atoms with E-state index in [2.05, 4.69) is 0 Å². The number of benzene rings is 2. The maximum absolute atomic E-state index is 13.4. The number of hydrogen-bond donors (Lipinski definition) is 1. The Morgan fingerprint density at radius 3 is 2.30 bits per heavy atom. The van der Waals surface area contributed by atoms with Gasteiger partial charge < -0.3 is 0 Å². The van der Waals surface area contributed by atoms with Crippen molar-refractivity contribution in [2.45, 2.75) is 24.2 Å². The minimum absolute atomic E-state index is 0.0482. The third-order valence-corrected chi connectivity index (χ3v) is 5.75. The molecule has 2 aromatic carbocycles. The normalized spacial score (nSPS) is 15.4. The van der Waals surface area contributed by atoms with Crippen molar-refractivity contribution >= 4 is 33.2 Å². The predicted molar refractivity (Wildman–Crippen MR) is 98.5 cm³/mol. The molecule has 0 spiro atoms. The first-order valence-electron chi connectivity index (χ1n) is 8.31. The predicted octanol–water partition coefficient (Wildman–Crippen LogP) is 3.15. The van der Waals surface area contributed by atoms with Crippen LogP contribution in [0.15, 0.2) is 47.4 Å². The molecule has 142 valence electrons. The molecular weight excluding hydrogens is 393 g/mol.